The van der Waals surface area contributed by atoms with Gasteiger partial charge in [0.2, 0.25) is 12.0 Å². The number of carbonyl (C=O) groups excluding carboxylic acids is 3. The van der Waals surface area contributed by atoms with Crippen LogP contribution >= 0.6 is 11.6 Å². The average Bonchev–Trinajstić information content (AvgIpc) is 3.62. The van der Waals surface area contributed by atoms with Crippen LogP contribution in [0.15, 0.2) is 59.6 Å². The fourth-order valence-electron chi connectivity index (χ4n) is 5.00. The topological polar surface area (TPSA) is 130 Å². The van der Waals surface area contributed by atoms with E-state index in [1.165, 1.54) is 14.0 Å². The number of rotatable bonds is 11. The molecule has 1 fully saturated rings. The van der Waals surface area contributed by atoms with Crippen molar-refractivity contribution in [3.8, 4) is 0 Å². The van der Waals surface area contributed by atoms with E-state index in [4.69, 9.17) is 41.3 Å². The highest BCUT2D eigenvalue weighted by molar-refractivity contribution is 6.30. The first-order valence-electron chi connectivity index (χ1n) is 13.6. The van der Waals surface area contributed by atoms with Crippen molar-refractivity contribution in [2.45, 2.75) is 69.5 Å². The number of hydrogen-bond acceptors (Lipinski definition) is 9. The number of benzene rings is 2. The lowest BCUT2D eigenvalue weighted by molar-refractivity contribution is -0.171. The zero-order valence-electron chi connectivity index (χ0n) is 23.5. The Morgan fingerprint density at radius 3 is 2.56 bits per heavy atom. The van der Waals surface area contributed by atoms with E-state index < -0.39 is 47.7 Å². The Hall–Kier alpha value is -3.47. The molecule has 0 radical (unpaired) electrons. The van der Waals surface area contributed by atoms with Crippen LogP contribution in [0, 0.1) is 0 Å². The molecule has 2 aliphatic rings. The third-order valence-corrected chi connectivity index (χ3v) is 7.43. The van der Waals surface area contributed by atoms with Crippen LogP contribution in [0.1, 0.15) is 37.8 Å². The normalized spacial score (nSPS) is 22.3. The molecule has 11 heteroatoms. The Labute approximate surface area is 244 Å². The smallest absolute Gasteiger partial charge is 0.337 e. The lowest BCUT2D eigenvalue weighted by Gasteiger charge is -2.31. The van der Waals surface area contributed by atoms with Gasteiger partial charge in [-0.3, -0.25) is 9.59 Å². The standard InChI is InChI=1S/C30H36ClN3O7/c1-19(32)28(36)41-25(20(2)39-17-21-9-5-4-6-10-21)27(35)34-14-8-13-24(34)26-33-30(18-40-26,29(37)38-3)16-22-11-7-12-23(31)15-22/h4-7,9-12,15,19-20,24-25H,8,13-14,16-18,32H2,1-3H3/t19-,20?,24?,25-,30+/m0/s1. The van der Waals surface area contributed by atoms with Gasteiger partial charge in [0.05, 0.1) is 13.7 Å². The quantitative estimate of drug-likeness (QED) is 0.398. The molecular weight excluding hydrogens is 550 g/mol. The van der Waals surface area contributed by atoms with E-state index in [1.54, 1.807) is 30.0 Å². The highest BCUT2D eigenvalue weighted by Crippen LogP contribution is 2.31. The molecule has 2 unspecified atom stereocenters. The highest BCUT2D eigenvalue weighted by atomic mass is 35.5. The van der Waals surface area contributed by atoms with Gasteiger partial charge in [-0.2, -0.15) is 0 Å². The molecule has 0 bridgehead atoms. The summed E-state index contributed by atoms with van der Waals surface area (Å²) in [4.78, 5) is 45.7. The van der Waals surface area contributed by atoms with Crippen molar-refractivity contribution in [1.82, 2.24) is 4.90 Å². The maximum atomic E-state index is 13.9. The predicted octanol–water partition coefficient (Wildman–Crippen LogP) is 3.08. The van der Waals surface area contributed by atoms with Gasteiger partial charge in [0.1, 0.15) is 24.8 Å². The highest BCUT2D eigenvalue weighted by Gasteiger charge is 2.49. The van der Waals surface area contributed by atoms with Crippen LogP contribution in [0.5, 0.6) is 0 Å². The number of methoxy groups -OCH3 is 1. The SMILES string of the molecule is COC(=O)[C@@]1(Cc2cccc(Cl)c2)COC(C2CCCN2C(=O)[C@@H](OC(=O)[C@H](C)N)C(C)OCc2ccccc2)=N1. The van der Waals surface area contributed by atoms with Gasteiger partial charge >= 0.3 is 11.9 Å². The summed E-state index contributed by atoms with van der Waals surface area (Å²) >= 11 is 6.16. The van der Waals surface area contributed by atoms with Crippen LogP contribution in [-0.4, -0.2) is 78.7 Å². The van der Waals surface area contributed by atoms with Crippen LogP contribution in [-0.2, 0) is 46.4 Å². The fraction of sp³-hybridized carbons (Fsp3) is 0.467. The Balaban J connectivity index is 1.56. The molecule has 2 N–H and O–H groups in total. The first kappa shape index (κ1) is 30.5. The summed E-state index contributed by atoms with van der Waals surface area (Å²) in [6.07, 6.45) is -0.562. The number of aliphatic imine (C=N–C) groups is 1. The van der Waals surface area contributed by atoms with Crippen LogP contribution in [0.2, 0.25) is 5.02 Å². The first-order valence-corrected chi connectivity index (χ1v) is 14.0. The molecule has 5 atom stereocenters. The summed E-state index contributed by atoms with van der Waals surface area (Å²) in [6, 6.07) is 15.2. The number of halogens is 1. The largest absolute Gasteiger partial charge is 0.476 e. The van der Waals surface area contributed by atoms with Crippen LogP contribution < -0.4 is 5.73 Å². The average molecular weight is 586 g/mol. The Kier molecular flexibility index (Phi) is 10.0. The van der Waals surface area contributed by atoms with Crippen molar-refractivity contribution in [2.24, 2.45) is 10.7 Å². The number of ether oxygens (including phenoxy) is 4. The van der Waals surface area contributed by atoms with E-state index in [0.717, 1.165) is 11.1 Å². The van der Waals surface area contributed by atoms with Crippen molar-refractivity contribution in [3.63, 3.8) is 0 Å². The minimum Gasteiger partial charge on any atom is -0.476 e. The minimum atomic E-state index is -1.32. The number of nitrogens with two attached hydrogens (primary N) is 1. The van der Waals surface area contributed by atoms with Gasteiger partial charge in [-0.1, -0.05) is 54.1 Å². The lowest BCUT2D eigenvalue weighted by atomic mass is 9.92. The van der Waals surface area contributed by atoms with E-state index in [0.29, 0.717) is 24.4 Å². The number of hydrogen-bond donors (Lipinski definition) is 1. The van der Waals surface area contributed by atoms with E-state index in [9.17, 15) is 14.4 Å². The molecule has 1 amide bonds. The van der Waals surface area contributed by atoms with Gasteiger partial charge < -0.3 is 29.6 Å². The molecule has 2 aromatic carbocycles. The van der Waals surface area contributed by atoms with Crippen LogP contribution in [0.3, 0.4) is 0 Å². The maximum absolute atomic E-state index is 13.9. The number of esters is 2. The van der Waals surface area contributed by atoms with Crippen molar-refractivity contribution >= 4 is 35.3 Å². The second kappa shape index (κ2) is 13.5. The number of amides is 1. The third-order valence-electron chi connectivity index (χ3n) is 7.20. The molecule has 2 heterocycles. The summed E-state index contributed by atoms with van der Waals surface area (Å²) in [7, 11) is 1.30. The van der Waals surface area contributed by atoms with Gasteiger partial charge in [0.15, 0.2) is 5.54 Å². The van der Waals surface area contributed by atoms with Gasteiger partial charge in [0, 0.05) is 18.0 Å². The Morgan fingerprint density at radius 2 is 1.88 bits per heavy atom. The zero-order valence-corrected chi connectivity index (χ0v) is 24.2. The predicted molar refractivity (Wildman–Crippen MR) is 152 cm³/mol. The molecule has 0 spiro atoms. The number of carbonyl (C=O) groups is 3. The summed E-state index contributed by atoms with van der Waals surface area (Å²) in [5.74, 6) is -1.44. The van der Waals surface area contributed by atoms with Crippen LogP contribution in [0.25, 0.3) is 0 Å². The Morgan fingerprint density at radius 1 is 1.15 bits per heavy atom. The van der Waals surface area contributed by atoms with E-state index in [1.807, 2.05) is 36.4 Å². The molecular formula is C30H36ClN3O7. The second-order valence-corrected chi connectivity index (χ2v) is 10.8. The molecule has 2 aliphatic heterocycles. The van der Waals surface area contributed by atoms with Crippen molar-refractivity contribution in [2.75, 3.05) is 20.3 Å². The van der Waals surface area contributed by atoms with Gasteiger partial charge in [-0.15, -0.1) is 0 Å². The van der Waals surface area contributed by atoms with Crippen molar-refractivity contribution in [1.29, 1.82) is 0 Å². The van der Waals surface area contributed by atoms with Crippen molar-refractivity contribution < 1.29 is 33.3 Å². The second-order valence-electron chi connectivity index (χ2n) is 10.4. The van der Waals surface area contributed by atoms with Gasteiger partial charge in [0.25, 0.3) is 5.91 Å². The lowest BCUT2D eigenvalue weighted by Crippen LogP contribution is -2.51. The fourth-order valence-corrected chi connectivity index (χ4v) is 5.21. The minimum absolute atomic E-state index is 0.0419. The molecule has 4 rings (SSSR count). The molecule has 2 aromatic rings. The molecule has 0 aliphatic carbocycles. The monoisotopic (exact) mass is 585 g/mol. The zero-order chi connectivity index (χ0) is 29.6. The summed E-state index contributed by atoms with van der Waals surface area (Å²) < 4.78 is 22.6. The molecule has 1 saturated heterocycles. The number of nitrogens with zero attached hydrogens (tertiary/aromatic N) is 2. The Bertz CT molecular complexity index is 1270. The number of likely N-dealkylation sites (tertiary alicyclic amines) is 1. The molecule has 0 saturated carbocycles. The summed E-state index contributed by atoms with van der Waals surface area (Å²) in [5.41, 5.74) is 6.13. The molecule has 0 aromatic heterocycles. The van der Waals surface area contributed by atoms with E-state index in [2.05, 4.69) is 0 Å². The first-order chi connectivity index (χ1) is 19.6. The van der Waals surface area contributed by atoms with E-state index >= 15 is 0 Å². The van der Waals surface area contributed by atoms with E-state index in [-0.39, 0.29) is 25.5 Å². The van der Waals surface area contributed by atoms with Crippen molar-refractivity contribution in [3.05, 3.63) is 70.7 Å². The molecule has 41 heavy (non-hydrogen) atoms. The third kappa shape index (κ3) is 7.25. The molecule has 10 nitrogen and oxygen atoms in total. The van der Waals surface area contributed by atoms with Gasteiger partial charge in [-0.25, -0.2) is 9.79 Å². The van der Waals surface area contributed by atoms with Crippen LogP contribution in [0.4, 0.5) is 0 Å². The summed E-state index contributed by atoms with van der Waals surface area (Å²) in [5, 5.41) is 0.536. The van der Waals surface area contributed by atoms with Gasteiger partial charge in [-0.05, 0) is 49.9 Å². The maximum Gasteiger partial charge on any atom is 0.337 e. The summed E-state index contributed by atoms with van der Waals surface area (Å²) in [6.45, 7) is 3.75. The molecule has 220 valence electrons.